The first-order valence-corrected chi connectivity index (χ1v) is 10.1. The zero-order chi connectivity index (χ0) is 20.6. The molecular weight excluding hydrogens is 366 g/mol. The summed E-state index contributed by atoms with van der Waals surface area (Å²) in [4.78, 5) is 15.3. The zero-order valence-electron chi connectivity index (χ0n) is 17.3. The number of azide groups is 1. The third kappa shape index (κ3) is 3.92. The Morgan fingerprint density at radius 2 is 1.79 bits per heavy atom. The first-order chi connectivity index (χ1) is 13.3. The third-order valence-corrected chi connectivity index (χ3v) is 6.38. The topological polar surface area (TPSA) is 112 Å². The van der Waals surface area contributed by atoms with Crippen LogP contribution in [0.2, 0.25) is 0 Å². The maximum atomic E-state index is 12.3. The van der Waals surface area contributed by atoms with Crippen LogP contribution in [0.15, 0.2) is 5.11 Å². The van der Waals surface area contributed by atoms with Gasteiger partial charge in [-0.1, -0.05) is 32.8 Å². The summed E-state index contributed by atoms with van der Waals surface area (Å²) in [6, 6.07) is -0.486. The van der Waals surface area contributed by atoms with Crippen molar-refractivity contribution < 1.29 is 28.5 Å². The highest BCUT2D eigenvalue weighted by Crippen LogP contribution is 2.40. The second kappa shape index (κ2) is 8.65. The van der Waals surface area contributed by atoms with Crippen molar-refractivity contribution >= 4 is 5.78 Å². The van der Waals surface area contributed by atoms with Gasteiger partial charge >= 0.3 is 0 Å². The molecule has 11 atom stereocenters. The molecule has 28 heavy (non-hydrogen) atoms. The van der Waals surface area contributed by atoms with Crippen molar-refractivity contribution in [3.05, 3.63) is 10.4 Å². The minimum absolute atomic E-state index is 0.0143. The Balaban J connectivity index is 1.85. The smallest absolute Gasteiger partial charge is 0.188 e. The van der Waals surface area contributed by atoms with E-state index in [0.717, 1.165) is 6.42 Å². The van der Waals surface area contributed by atoms with Crippen LogP contribution in [-0.4, -0.2) is 55.1 Å². The van der Waals surface area contributed by atoms with Gasteiger partial charge in [-0.2, -0.15) is 0 Å². The molecule has 3 unspecified atom stereocenters. The first-order valence-electron chi connectivity index (χ1n) is 10.1. The molecular formula is C19H31N3O6. The van der Waals surface area contributed by atoms with Crippen LogP contribution in [-0.2, 0) is 28.5 Å². The van der Waals surface area contributed by atoms with Crippen LogP contribution in [0.5, 0.6) is 0 Å². The van der Waals surface area contributed by atoms with Crippen molar-refractivity contribution in [3.63, 3.8) is 0 Å². The molecule has 9 nitrogen and oxygen atoms in total. The van der Waals surface area contributed by atoms with Gasteiger partial charge in [0, 0.05) is 10.8 Å². The molecule has 158 valence electrons. The van der Waals surface area contributed by atoms with Gasteiger partial charge in [-0.25, -0.2) is 0 Å². The molecule has 0 N–H and O–H groups in total. The normalized spacial score (nSPS) is 48.6. The summed E-state index contributed by atoms with van der Waals surface area (Å²) >= 11 is 0. The van der Waals surface area contributed by atoms with Crippen molar-refractivity contribution in [2.45, 2.75) is 97.3 Å². The van der Waals surface area contributed by atoms with Crippen molar-refractivity contribution in [1.82, 2.24) is 0 Å². The summed E-state index contributed by atoms with van der Waals surface area (Å²) < 4.78 is 29.8. The maximum absolute atomic E-state index is 12.3. The monoisotopic (exact) mass is 397 g/mol. The standard InChI is InChI=1S/C19H31N3O6/c1-7-13-8(2)9(3)14(21-22-20)18(26-13)27-15-10(4)16-19(25-12(6)24-16)28-17(15)11(5)23/h8-10,12-19H,7H2,1-6H3/t8-,9-,10-,12?,13-,14?,15-,16?,17-,18+,19+/m0/s1. The van der Waals surface area contributed by atoms with Crippen LogP contribution < -0.4 is 0 Å². The van der Waals surface area contributed by atoms with Crippen LogP contribution in [0.25, 0.3) is 10.4 Å². The molecule has 3 heterocycles. The van der Waals surface area contributed by atoms with E-state index in [1.165, 1.54) is 6.92 Å². The summed E-state index contributed by atoms with van der Waals surface area (Å²) in [6.07, 6.45) is -2.67. The van der Waals surface area contributed by atoms with E-state index < -0.39 is 37.1 Å². The minimum atomic E-state index is -0.796. The van der Waals surface area contributed by atoms with Crippen LogP contribution in [0, 0.1) is 17.8 Å². The molecule has 0 aromatic carbocycles. The van der Waals surface area contributed by atoms with Crippen LogP contribution in [0.3, 0.4) is 0 Å². The number of ketones is 1. The number of carbonyl (C=O) groups excluding carboxylic acids is 1. The van der Waals surface area contributed by atoms with E-state index in [2.05, 4.69) is 23.9 Å². The van der Waals surface area contributed by atoms with Gasteiger partial charge in [0.05, 0.1) is 18.2 Å². The van der Waals surface area contributed by atoms with Gasteiger partial charge < -0.3 is 23.7 Å². The van der Waals surface area contributed by atoms with Gasteiger partial charge in [-0.15, -0.1) is 0 Å². The lowest BCUT2D eigenvalue weighted by Gasteiger charge is -2.47. The number of rotatable bonds is 5. The third-order valence-electron chi connectivity index (χ3n) is 6.38. The fourth-order valence-corrected chi connectivity index (χ4v) is 4.50. The molecule has 0 spiro atoms. The highest BCUT2D eigenvalue weighted by Gasteiger charge is 2.53. The SMILES string of the molecule is CC[C@@H]1O[C@H](O[C@H]2[C@H](C)C3OC(C)O[C@@H]3O[C@H]2C(C)=O)C(N=[N+]=[N-])[C@@H](C)[C@@H]1C. The van der Waals surface area contributed by atoms with Crippen LogP contribution >= 0.6 is 0 Å². The summed E-state index contributed by atoms with van der Waals surface area (Å²) in [7, 11) is 0. The molecule has 0 saturated carbocycles. The molecule has 3 saturated heterocycles. The van der Waals surface area contributed by atoms with Crippen LogP contribution in [0.1, 0.15) is 48.0 Å². The van der Waals surface area contributed by atoms with E-state index in [9.17, 15) is 4.79 Å². The van der Waals surface area contributed by atoms with E-state index in [1.807, 2.05) is 13.8 Å². The number of hydrogen-bond acceptors (Lipinski definition) is 7. The van der Waals surface area contributed by atoms with E-state index in [0.29, 0.717) is 0 Å². The predicted molar refractivity (Wildman–Crippen MR) is 99.0 cm³/mol. The van der Waals surface area contributed by atoms with Crippen molar-refractivity contribution in [3.8, 4) is 0 Å². The van der Waals surface area contributed by atoms with Crippen molar-refractivity contribution in [1.29, 1.82) is 0 Å². The zero-order valence-corrected chi connectivity index (χ0v) is 17.3. The van der Waals surface area contributed by atoms with Gasteiger partial charge in [0.2, 0.25) is 0 Å². The average Bonchev–Trinajstić information content (AvgIpc) is 3.03. The van der Waals surface area contributed by atoms with Gasteiger partial charge in [0.1, 0.15) is 12.2 Å². The molecule has 0 aliphatic carbocycles. The Morgan fingerprint density at radius 3 is 2.39 bits per heavy atom. The Hall–Kier alpha value is -1.22. The number of carbonyl (C=O) groups is 1. The predicted octanol–water partition coefficient (Wildman–Crippen LogP) is 3.17. The lowest BCUT2D eigenvalue weighted by molar-refractivity contribution is -0.297. The highest BCUT2D eigenvalue weighted by molar-refractivity contribution is 5.81. The highest BCUT2D eigenvalue weighted by atomic mass is 16.8. The molecule has 9 heteroatoms. The molecule has 3 aliphatic rings. The Morgan fingerprint density at radius 1 is 1.07 bits per heavy atom. The second-order valence-corrected chi connectivity index (χ2v) is 8.16. The number of fused-ring (bicyclic) bond motifs is 1. The van der Waals surface area contributed by atoms with Crippen molar-refractivity contribution in [2.24, 2.45) is 22.9 Å². The molecule has 0 bridgehead atoms. The summed E-state index contributed by atoms with van der Waals surface area (Å²) in [6.45, 7) is 11.4. The number of ether oxygens (including phenoxy) is 5. The second-order valence-electron chi connectivity index (χ2n) is 8.16. The minimum Gasteiger partial charge on any atom is -0.349 e. The lowest BCUT2D eigenvalue weighted by Crippen LogP contribution is -2.59. The molecule has 3 rings (SSSR count). The van der Waals surface area contributed by atoms with Gasteiger partial charge in [-0.3, -0.25) is 4.79 Å². The number of nitrogens with zero attached hydrogens (tertiary/aromatic N) is 3. The van der Waals surface area contributed by atoms with Crippen LogP contribution in [0.4, 0.5) is 0 Å². The Kier molecular flexibility index (Phi) is 6.64. The van der Waals surface area contributed by atoms with Gasteiger partial charge in [-0.05, 0) is 37.6 Å². The maximum Gasteiger partial charge on any atom is 0.188 e. The molecule has 0 aromatic heterocycles. The molecule has 0 radical (unpaired) electrons. The molecule has 0 aromatic rings. The van der Waals surface area contributed by atoms with E-state index in [4.69, 9.17) is 29.2 Å². The first kappa shape index (κ1) is 21.5. The molecule has 3 fully saturated rings. The van der Waals surface area contributed by atoms with Crippen molar-refractivity contribution in [2.75, 3.05) is 0 Å². The van der Waals surface area contributed by atoms with E-state index in [-0.39, 0.29) is 35.7 Å². The molecule has 0 amide bonds. The number of hydrogen-bond donors (Lipinski definition) is 0. The summed E-state index contributed by atoms with van der Waals surface area (Å²) in [5.74, 6) is -0.0134. The van der Waals surface area contributed by atoms with E-state index >= 15 is 0 Å². The lowest BCUT2D eigenvalue weighted by atomic mass is 9.81. The van der Waals surface area contributed by atoms with E-state index in [1.54, 1.807) is 6.92 Å². The number of Topliss-reactive ketones (excluding diaryl/α,β-unsaturated/α-hetero) is 1. The average molecular weight is 397 g/mol. The van der Waals surface area contributed by atoms with Gasteiger partial charge in [0.15, 0.2) is 24.7 Å². The largest absolute Gasteiger partial charge is 0.349 e. The Labute approximate surface area is 165 Å². The fourth-order valence-electron chi connectivity index (χ4n) is 4.50. The quantitative estimate of drug-likeness (QED) is 0.400. The molecule has 3 aliphatic heterocycles. The summed E-state index contributed by atoms with van der Waals surface area (Å²) in [5, 5.41) is 3.95. The Bertz CT molecular complexity index is 627. The fraction of sp³-hybridized carbons (Fsp3) is 0.947. The summed E-state index contributed by atoms with van der Waals surface area (Å²) in [5.41, 5.74) is 9.05. The van der Waals surface area contributed by atoms with Gasteiger partial charge in [0.25, 0.3) is 0 Å².